The maximum atomic E-state index is 12.6. The number of imide groups is 1. The number of piperidine rings is 2. The number of para-hydroxylation sites is 1. The number of fused-ring (bicyclic) bond motifs is 2. The minimum atomic E-state index is -1.03. The van der Waals surface area contributed by atoms with Gasteiger partial charge in [-0.15, -0.1) is 0 Å². The maximum absolute atomic E-state index is 12.6. The number of carbonyl (C=O) groups is 3. The number of hydrogen-bond acceptors (Lipinski definition) is 12. The summed E-state index contributed by atoms with van der Waals surface area (Å²) in [7, 11) is 5.10. The number of aryl methyl sites for hydroxylation is 1. The Labute approximate surface area is 304 Å². The summed E-state index contributed by atoms with van der Waals surface area (Å²) >= 11 is 6.57. The molecule has 3 aliphatic heterocycles. The summed E-state index contributed by atoms with van der Waals surface area (Å²) in [5.74, 6) is 0.766. The van der Waals surface area contributed by atoms with Crippen molar-refractivity contribution in [3.8, 4) is 5.75 Å². The third-order valence-electron chi connectivity index (χ3n) is 9.67. The van der Waals surface area contributed by atoms with E-state index in [1.54, 1.807) is 28.9 Å². The van der Waals surface area contributed by atoms with Crippen LogP contribution < -0.4 is 30.5 Å². The standard InChI is InChI=1S/C36H40ClN9O6/c1-38-30(48)19-52-28-15-21-14-22(9-11-26(21)44(2)35(28)50)40-33-25(37)16-39-36(42-33)46-13-5-6-20(17-46)18-51-27-8-4-7-23-31(43-45(3)32(23)27)24-10-12-29(47)41-34(24)49/h4,7-9,11,14-16,20,24,35,50H,5-6,10,12-13,17-19H2,1-3H3,(H,38,48)(H,39,40,42)(H,41,47,49)/t20-,24?,35?/m0/s1. The quantitative estimate of drug-likeness (QED) is 0.175. The van der Waals surface area contributed by atoms with Gasteiger partial charge in [0.05, 0.1) is 24.4 Å². The number of aromatic nitrogens is 4. The van der Waals surface area contributed by atoms with E-state index >= 15 is 0 Å². The van der Waals surface area contributed by atoms with Crippen molar-refractivity contribution < 1.29 is 29.0 Å². The number of ether oxygens (including phenoxy) is 2. The molecule has 2 fully saturated rings. The van der Waals surface area contributed by atoms with E-state index in [0.717, 1.165) is 41.5 Å². The first-order valence-corrected chi connectivity index (χ1v) is 17.5. The Morgan fingerprint density at radius 3 is 2.81 bits per heavy atom. The second kappa shape index (κ2) is 14.7. The van der Waals surface area contributed by atoms with Gasteiger partial charge in [0.15, 0.2) is 18.7 Å². The number of amides is 3. The van der Waals surface area contributed by atoms with E-state index in [2.05, 4.69) is 30.9 Å². The van der Waals surface area contributed by atoms with Gasteiger partial charge in [-0.25, -0.2) is 4.98 Å². The van der Waals surface area contributed by atoms with Gasteiger partial charge in [-0.2, -0.15) is 10.1 Å². The third kappa shape index (κ3) is 7.05. The summed E-state index contributed by atoms with van der Waals surface area (Å²) in [5.41, 5.74) is 3.74. The van der Waals surface area contributed by atoms with E-state index < -0.39 is 12.1 Å². The fraction of sp³-hybridized carbons (Fsp3) is 0.389. The molecular weight excluding hydrogens is 690 g/mol. The largest absolute Gasteiger partial charge is 0.491 e. The van der Waals surface area contributed by atoms with Crippen LogP contribution in [0.5, 0.6) is 5.75 Å². The SMILES string of the molecule is CNC(=O)COC1=Cc2cc(Nc3nc(N4CCC[C@H](COc5cccc6c(C7CCC(=O)NC7=O)nn(C)c56)C4)ncc3Cl)ccc2N(C)C1O. The van der Waals surface area contributed by atoms with Crippen molar-refractivity contribution in [1.29, 1.82) is 0 Å². The first-order chi connectivity index (χ1) is 25.1. The van der Waals surface area contributed by atoms with Gasteiger partial charge in [0.1, 0.15) is 22.0 Å². The summed E-state index contributed by atoms with van der Waals surface area (Å²) in [4.78, 5) is 49.2. The number of rotatable bonds is 10. The van der Waals surface area contributed by atoms with Gasteiger partial charge in [-0.1, -0.05) is 23.7 Å². The van der Waals surface area contributed by atoms with Crippen LogP contribution in [0.4, 0.5) is 23.1 Å². The lowest BCUT2D eigenvalue weighted by atomic mass is 9.93. The minimum absolute atomic E-state index is 0.196. The zero-order valence-corrected chi connectivity index (χ0v) is 29.8. The number of nitrogens with one attached hydrogen (secondary N) is 3. The van der Waals surface area contributed by atoms with Gasteiger partial charge >= 0.3 is 0 Å². The molecule has 3 amide bonds. The molecule has 16 heteroatoms. The van der Waals surface area contributed by atoms with Crippen molar-refractivity contribution in [1.82, 2.24) is 30.4 Å². The Bertz CT molecular complexity index is 2070. The normalized spacial score (nSPS) is 20.2. The fourth-order valence-electron chi connectivity index (χ4n) is 6.94. The maximum Gasteiger partial charge on any atom is 0.257 e. The Kier molecular flexibility index (Phi) is 9.88. The molecule has 3 atom stereocenters. The van der Waals surface area contributed by atoms with Crippen LogP contribution in [0.2, 0.25) is 5.02 Å². The number of anilines is 4. The minimum Gasteiger partial charge on any atom is -0.491 e. The molecule has 15 nitrogen and oxygen atoms in total. The van der Waals surface area contributed by atoms with Crippen molar-refractivity contribution in [2.45, 2.75) is 37.8 Å². The summed E-state index contributed by atoms with van der Waals surface area (Å²) in [6.45, 7) is 1.72. The zero-order valence-electron chi connectivity index (χ0n) is 29.1. The molecule has 2 saturated heterocycles. The van der Waals surface area contributed by atoms with Crippen LogP contribution >= 0.6 is 11.6 Å². The average Bonchev–Trinajstić information content (AvgIpc) is 3.48. The summed E-state index contributed by atoms with van der Waals surface area (Å²) < 4.78 is 13.8. The molecule has 0 bridgehead atoms. The van der Waals surface area contributed by atoms with Crippen molar-refractivity contribution in [2.24, 2.45) is 13.0 Å². The molecule has 4 aromatic rings. The number of aliphatic hydroxyl groups excluding tert-OH is 1. The van der Waals surface area contributed by atoms with Crippen LogP contribution in [0.15, 0.2) is 48.4 Å². The van der Waals surface area contributed by atoms with E-state index in [-0.39, 0.29) is 42.4 Å². The molecule has 0 spiro atoms. The highest BCUT2D eigenvalue weighted by Crippen LogP contribution is 2.36. The molecule has 272 valence electrons. The van der Waals surface area contributed by atoms with Crippen molar-refractivity contribution >= 4 is 69.4 Å². The summed E-state index contributed by atoms with van der Waals surface area (Å²) in [5, 5.41) is 24.8. The number of halogens is 1. The molecule has 5 heterocycles. The van der Waals surface area contributed by atoms with Crippen LogP contribution in [0, 0.1) is 5.92 Å². The van der Waals surface area contributed by atoms with Gasteiger partial charge in [0.25, 0.3) is 5.91 Å². The predicted octanol–water partition coefficient (Wildman–Crippen LogP) is 3.45. The second-order valence-corrected chi connectivity index (χ2v) is 13.6. The summed E-state index contributed by atoms with van der Waals surface area (Å²) in [6, 6.07) is 11.4. The molecule has 3 aliphatic rings. The van der Waals surface area contributed by atoms with Crippen LogP contribution in [0.1, 0.15) is 42.9 Å². The van der Waals surface area contributed by atoms with Crippen LogP contribution in [0.25, 0.3) is 17.0 Å². The molecular formula is C36H40ClN9O6. The van der Waals surface area contributed by atoms with Crippen molar-refractivity contribution in [3.05, 3.63) is 64.6 Å². The van der Waals surface area contributed by atoms with Gasteiger partial charge in [-0.3, -0.25) is 24.4 Å². The molecule has 0 radical (unpaired) electrons. The second-order valence-electron chi connectivity index (χ2n) is 13.2. The Balaban J connectivity index is 1.03. The third-order valence-corrected chi connectivity index (χ3v) is 9.95. The first-order valence-electron chi connectivity index (χ1n) is 17.2. The average molecular weight is 730 g/mol. The van der Waals surface area contributed by atoms with Gasteiger partial charge < -0.3 is 35.0 Å². The number of aliphatic hydroxyl groups is 1. The van der Waals surface area contributed by atoms with E-state index in [1.807, 2.05) is 43.4 Å². The number of carbonyl (C=O) groups excluding carboxylic acids is 3. The van der Waals surface area contributed by atoms with E-state index in [4.69, 9.17) is 26.1 Å². The lowest BCUT2D eigenvalue weighted by Gasteiger charge is -2.33. The van der Waals surface area contributed by atoms with Gasteiger partial charge in [-0.05, 0) is 49.6 Å². The molecule has 2 aromatic heterocycles. The lowest BCUT2D eigenvalue weighted by molar-refractivity contribution is -0.134. The molecule has 0 saturated carbocycles. The predicted molar refractivity (Wildman–Crippen MR) is 195 cm³/mol. The Morgan fingerprint density at radius 1 is 1.15 bits per heavy atom. The number of nitrogens with zero attached hydrogens (tertiary/aromatic N) is 6. The van der Waals surface area contributed by atoms with Gasteiger partial charge in [0, 0.05) is 68.9 Å². The fourth-order valence-corrected chi connectivity index (χ4v) is 7.08. The van der Waals surface area contributed by atoms with Gasteiger partial charge in [0.2, 0.25) is 17.8 Å². The lowest BCUT2D eigenvalue weighted by Crippen LogP contribution is -2.39. The highest BCUT2D eigenvalue weighted by Gasteiger charge is 2.32. The van der Waals surface area contributed by atoms with E-state index in [0.29, 0.717) is 53.5 Å². The molecule has 7 rings (SSSR count). The highest BCUT2D eigenvalue weighted by atomic mass is 35.5. The monoisotopic (exact) mass is 729 g/mol. The smallest absolute Gasteiger partial charge is 0.257 e. The zero-order chi connectivity index (χ0) is 36.5. The molecule has 0 aliphatic carbocycles. The number of likely N-dealkylation sites (N-methyl/N-ethyl adjacent to an activating group) is 2. The van der Waals surface area contributed by atoms with Crippen LogP contribution in [0.3, 0.4) is 0 Å². The van der Waals surface area contributed by atoms with Crippen LogP contribution in [-0.2, 0) is 26.2 Å². The molecule has 2 unspecified atom stereocenters. The van der Waals surface area contributed by atoms with Crippen LogP contribution in [-0.4, -0.2) is 89.2 Å². The van der Waals surface area contributed by atoms with E-state index in [9.17, 15) is 19.5 Å². The summed E-state index contributed by atoms with van der Waals surface area (Å²) in [6.07, 6.45) is 4.88. The number of hydrogen-bond donors (Lipinski definition) is 4. The van der Waals surface area contributed by atoms with Crippen molar-refractivity contribution in [3.63, 3.8) is 0 Å². The Morgan fingerprint density at radius 2 is 2.00 bits per heavy atom. The first kappa shape index (κ1) is 35.0. The topological polar surface area (TPSA) is 176 Å². The Hall–Kier alpha value is -5.41. The number of benzene rings is 2. The molecule has 4 N–H and O–H groups in total. The molecule has 52 heavy (non-hydrogen) atoms. The highest BCUT2D eigenvalue weighted by molar-refractivity contribution is 6.32. The van der Waals surface area contributed by atoms with Crippen molar-refractivity contribution in [2.75, 3.05) is 55.5 Å². The molecule has 2 aromatic carbocycles. The van der Waals surface area contributed by atoms with E-state index in [1.165, 1.54) is 7.05 Å².